The molecule has 1 aliphatic rings. The highest BCUT2D eigenvalue weighted by Crippen LogP contribution is 2.30. The second-order valence-corrected chi connectivity index (χ2v) is 3.52. The minimum Gasteiger partial charge on any atom is -0.494 e. The Hall–Kier alpha value is -1.51. The molecule has 1 heterocycles. The van der Waals surface area contributed by atoms with Gasteiger partial charge in [0.15, 0.2) is 0 Å². The average Bonchev–Trinajstić information content (AvgIpc) is 2.67. The van der Waals surface area contributed by atoms with Crippen molar-refractivity contribution in [2.75, 3.05) is 6.61 Å². The highest BCUT2D eigenvalue weighted by atomic mass is 16.5. The van der Waals surface area contributed by atoms with Gasteiger partial charge in [0.05, 0.1) is 6.61 Å². The molecule has 3 nitrogen and oxygen atoms in total. The molecule has 1 atom stereocenters. The van der Waals surface area contributed by atoms with Crippen LogP contribution >= 0.6 is 0 Å². The van der Waals surface area contributed by atoms with Gasteiger partial charge in [-0.15, -0.1) is 0 Å². The van der Waals surface area contributed by atoms with E-state index in [2.05, 4.69) is 0 Å². The zero-order valence-corrected chi connectivity index (χ0v) is 8.73. The molecule has 0 radical (unpaired) electrons. The molecule has 0 amide bonds. The lowest BCUT2D eigenvalue weighted by molar-refractivity contribution is -0.141. The van der Waals surface area contributed by atoms with Crippen molar-refractivity contribution in [2.45, 2.75) is 25.9 Å². The molecule has 1 aromatic rings. The summed E-state index contributed by atoms with van der Waals surface area (Å²) in [5.41, 5.74) is 1.05. The molecule has 80 valence electrons. The topological polar surface area (TPSA) is 35.5 Å². The van der Waals surface area contributed by atoms with Gasteiger partial charge in [-0.2, -0.15) is 0 Å². The van der Waals surface area contributed by atoms with E-state index >= 15 is 0 Å². The fourth-order valence-corrected chi connectivity index (χ4v) is 1.71. The van der Waals surface area contributed by atoms with Crippen LogP contribution in [0, 0.1) is 0 Å². The smallest absolute Gasteiger partial charge is 0.306 e. The van der Waals surface area contributed by atoms with Crippen molar-refractivity contribution in [1.82, 2.24) is 0 Å². The van der Waals surface area contributed by atoms with Crippen LogP contribution < -0.4 is 4.74 Å². The molecule has 0 N–H and O–H groups in total. The predicted molar refractivity (Wildman–Crippen MR) is 55.7 cm³/mol. The number of rotatable bonds is 3. The van der Waals surface area contributed by atoms with Crippen molar-refractivity contribution in [1.29, 1.82) is 0 Å². The first-order valence-corrected chi connectivity index (χ1v) is 5.22. The van der Waals surface area contributed by atoms with Crippen molar-refractivity contribution < 1.29 is 14.3 Å². The van der Waals surface area contributed by atoms with E-state index in [0.29, 0.717) is 13.0 Å². The van der Waals surface area contributed by atoms with Crippen molar-refractivity contribution >= 4 is 5.97 Å². The van der Waals surface area contributed by atoms with Crippen molar-refractivity contribution in [3.63, 3.8) is 0 Å². The van der Waals surface area contributed by atoms with Gasteiger partial charge in [0.2, 0.25) is 0 Å². The molecule has 2 rings (SSSR count). The molecule has 3 heteroatoms. The van der Waals surface area contributed by atoms with Crippen molar-refractivity contribution in [3.05, 3.63) is 29.8 Å². The van der Waals surface area contributed by atoms with Crippen LogP contribution in [-0.2, 0) is 9.53 Å². The molecule has 0 bridgehead atoms. The number of esters is 1. The number of benzene rings is 1. The zero-order valence-electron chi connectivity index (χ0n) is 8.73. The van der Waals surface area contributed by atoms with Crippen molar-refractivity contribution in [3.8, 4) is 5.75 Å². The SMILES string of the molecule is CCOc1ccc([C@H]2CCC(=O)O2)cc1. The van der Waals surface area contributed by atoms with Gasteiger partial charge in [0, 0.05) is 6.42 Å². The second-order valence-electron chi connectivity index (χ2n) is 3.52. The lowest BCUT2D eigenvalue weighted by atomic mass is 10.1. The van der Waals surface area contributed by atoms with E-state index < -0.39 is 0 Å². The van der Waals surface area contributed by atoms with Crippen LogP contribution in [0.4, 0.5) is 0 Å². The Bertz CT molecular complexity index is 342. The molecule has 1 fully saturated rings. The molecule has 0 saturated carbocycles. The first kappa shape index (κ1) is 10.0. The number of cyclic esters (lactones) is 1. The summed E-state index contributed by atoms with van der Waals surface area (Å²) in [6.45, 7) is 2.62. The Morgan fingerprint density at radius 1 is 1.40 bits per heavy atom. The monoisotopic (exact) mass is 206 g/mol. The van der Waals surface area contributed by atoms with Gasteiger partial charge >= 0.3 is 5.97 Å². The van der Waals surface area contributed by atoms with Gasteiger partial charge in [-0.05, 0) is 31.0 Å². The van der Waals surface area contributed by atoms with E-state index in [9.17, 15) is 4.79 Å². The van der Waals surface area contributed by atoms with E-state index in [1.807, 2.05) is 31.2 Å². The zero-order chi connectivity index (χ0) is 10.7. The van der Waals surface area contributed by atoms with E-state index in [4.69, 9.17) is 9.47 Å². The Morgan fingerprint density at radius 3 is 2.67 bits per heavy atom. The number of hydrogen-bond donors (Lipinski definition) is 0. The first-order valence-electron chi connectivity index (χ1n) is 5.22. The molecular weight excluding hydrogens is 192 g/mol. The van der Waals surface area contributed by atoms with E-state index in [0.717, 1.165) is 17.7 Å². The molecule has 1 aliphatic heterocycles. The summed E-state index contributed by atoms with van der Waals surface area (Å²) in [5.74, 6) is 0.749. The molecule has 0 aromatic heterocycles. The summed E-state index contributed by atoms with van der Waals surface area (Å²) in [6.07, 6.45) is 1.25. The number of carbonyl (C=O) groups is 1. The molecule has 15 heavy (non-hydrogen) atoms. The van der Waals surface area contributed by atoms with Gasteiger partial charge in [-0.3, -0.25) is 4.79 Å². The predicted octanol–water partition coefficient (Wildman–Crippen LogP) is 2.46. The van der Waals surface area contributed by atoms with E-state index in [-0.39, 0.29) is 12.1 Å². The van der Waals surface area contributed by atoms with Crippen LogP contribution in [0.3, 0.4) is 0 Å². The van der Waals surface area contributed by atoms with Crippen LogP contribution in [-0.4, -0.2) is 12.6 Å². The second kappa shape index (κ2) is 4.34. The Labute approximate surface area is 89.0 Å². The Kier molecular flexibility index (Phi) is 2.90. The van der Waals surface area contributed by atoms with Crippen LogP contribution in [0.25, 0.3) is 0 Å². The normalized spacial score (nSPS) is 20.1. The molecule has 0 unspecified atom stereocenters. The van der Waals surface area contributed by atoms with Gasteiger partial charge in [0.25, 0.3) is 0 Å². The third-order valence-corrected chi connectivity index (χ3v) is 2.45. The van der Waals surface area contributed by atoms with Crippen LogP contribution in [0.2, 0.25) is 0 Å². The van der Waals surface area contributed by atoms with Gasteiger partial charge in [-0.1, -0.05) is 12.1 Å². The molecular formula is C12H14O3. The standard InChI is InChI=1S/C12H14O3/c1-2-14-10-5-3-9(4-6-10)11-7-8-12(13)15-11/h3-6,11H,2,7-8H2,1H3/t11-/m1/s1. The first-order chi connectivity index (χ1) is 7.29. The minimum absolute atomic E-state index is 0.0619. The summed E-state index contributed by atoms with van der Waals surface area (Å²) in [7, 11) is 0. The summed E-state index contributed by atoms with van der Waals surface area (Å²) in [6, 6.07) is 7.72. The van der Waals surface area contributed by atoms with E-state index in [1.165, 1.54) is 0 Å². The van der Waals surface area contributed by atoms with Gasteiger partial charge in [-0.25, -0.2) is 0 Å². The summed E-state index contributed by atoms with van der Waals surface area (Å²) < 4.78 is 10.5. The Morgan fingerprint density at radius 2 is 2.13 bits per heavy atom. The molecule has 0 aliphatic carbocycles. The average molecular weight is 206 g/mol. The maximum Gasteiger partial charge on any atom is 0.306 e. The summed E-state index contributed by atoms with van der Waals surface area (Å²) in [5, 5.41) is 0. The number of ether oxygens (including phenoxy) is 2. The fraction of sp³-hybridized carbons (Fsp3) is 0.417. The lowest BCUT2D eigenvalue weighted by Gasteiger charge is -2.10. The number of hydrogen-bond acceptors (Lipinski definition) is 3. The van der Waals surface area contributed by atoms with E-state index in [1.54, 1.807) is 0 Å². The quantitative estimate of drug-likeness (QED) is 0.713. The van der Waals surface area contributed by atoms with Crippen molar-refractivity contribution in [2.24, 2.45) is 0 Å². The van der Waals surface area contributed by atoms with Gasteiger partial charge in [0.1, 0.15) is 11.9 Å². The van der Waals surface area contributed by atoms with Gasteiger partial charge < -0.3 is 9.47 Å². The highest BCUT2D eigenvalue weighted by molar-refractivity contribution is 5.71. The molecule has 1 aromatic carbocycles. The maximum atomic E-state index is 10.9. The third kappa shape index (κ3) is 2.29. The minimum atomic E-state index is -0.103. The maximum absolute atomic E-state index is 10.9. The largest absolute Gasteiger partial charge is 0.494 e. The third-order valence-electron chi connectivity index (χ3n) is 2.45. The van der Waals surface area contributed by atoms with Crippen LogP contribution in [0.15, 0.2) is 24.3 Å². The fourth-order valence-electron chi connectivity index (χ4n) is 1.71. The number of carbonyl (C=O) groups excluding carboxylic acids is 1. The highest BCUT2D eigenvalue weighted by Gasteiger charge is 2.24. The lowest BCUT2D eigenvalue weighted by Crippen LogP contribution is -1.98. The molecule has 1 saturated heterocycles. The summed E-state index contributed by atoms with van der Waals surface area (Å²) >= 11 is 0. The summed E-state index contributed by atoms with van der Waals surface area (Å²) in [4.78, 5) is 10.9. The molecule has 0 spiro atoms. The van der Waals surface area contributed by atoms with Crippen LogP contribution in [0.5, 0.6) is 5.75 Å². The Balaban J connectivity index is 2.06. The van der Waals surface area contributed by atoms with Crippen LogP contribution in [0.1, 0.15) is 31.4 Å².